The molecule has 25 heavy (non-hydrogen) atoms. The first-order valence-electron chi connectivity index (χ1n) is 9.21. The summed E-state index contributed by atoms with van der Waals surface area (Å²) in [5.74, 6) is 0.143. The number of fused-ring (bicyclic) bond motifs is 1. The molecule has 4 rings (SSSR count). The van der Waals surface area contributed by atoms with Crippen molar-refractivity contribution in [3.8, 4) is 0 Å². The first-order chi connectivity index (χ1) is 12.1. The number of nitrogens with one attached hydrogen (secondary N) is 1. The van der Waals surface area contributed by atoms with Gasteiger partial charge in [0.05, 0.1) is 18.6 Å². The minimum absolute atomic E-state index is 0.00401. The number of rotatable bonds is 3. The summed E-state index contributed by atoms with van der Waals surface area (Å²) in [7, 11) is 0. The summed E-state index contributed by atoms with van der Waals surface area (Å²) in [5, 5.41) is 11.9. The van der Waals surface area contributed by atoms with E-state index in [1.54, 1.807) is 0 Å². The summed E-state index contributed by atoms with van der Waals surface area (Å²) in [6, 6.07) is 8.15. The van der Waals surface area contributed by atoms with Gasteiger partial charge in [-0.25, -0.2) is 0 Å². The summed E-state index contributed by atoms with van der Waals surface area (Å²) in [6.07, 6.45) is 4.92. The van der Waals surface area contributed by atoms with Crippen molar-refractivity contribution in [1.29, 1.82) is 0 Å². The second kappa shape index (κ2) is 6.46. The zero-order valence-electron chi connectivity index (χ0n) is 14.7. The van der Waals surface area contributed by atoms with Gasteiger partial charge >= 0.3 is 0 Å². The normalized spacial score (nSPS) is 30.1. The van der Waals surface area contributed by atoms with Crippen molar-refractivity contribution >= 4 is 16.8 Å². The van der Waals surface area contributed by atoms with Gasteiger partial charge in [-0.05, 0) is 37.8 Å². The fraction of sp³-hybridized carbons (Fsp3) is 0.550. The van der Waals surface area contributed by atoms with Crippen molar-refractivity contribution in [1.82, 2.24) is 9.88 Å². The van der Waals surface area contributed by atoms with Crippen molar-refractivity contribution in [2.24, 2.45) is 5.92 Å². The second-order valence-corrected chi connectivity index (χ2v) is 7.62. The average molecular weight is 342 g/mol. The highest BCUT2D eigenvalue weighted by atomic mass is 16.5. The van der Waals surface area contributed by atoms with Gasteiger partial charge in [0.2, 0.25) is 5.91 Å². The molecular weight excluding hydrogens is 316 g/mol. The van der Waals surface area contributed by atoms with Crippen LogP contribution in [0.2, 0.25) is 0 Å². The van der Waals surface area contributed by atoms with Crippen LogP contribution in [0, 0.1) is 5.92 Å². The van der Waals surface area contributed by atoms with E-state index in [2.05, 4.69) is 11.1 Å². The minimum Gasteiger partial charge on any atom is -0.390 e. The molecule has 2 N–H and O–H groups in total. The van der Waals surface area contributed by atoms with Crippen LogP contribution in [0.1, 0.15) is 31.7 Å². The van der Waals surface area contributed by atoms with Crippen LogP contribution in [0.3, 0.4) is 0 Å². The number of carbonyl (C=O) groups is 1. The minimum atomic E-state index is -0.757. The molecule has 5 heteroatoms. The molecule has 2 fully saturated rings. The van der Waals surface area contributed by atoms with E-state index in [0.29, 0.717) is 26.1 Å². The van der Waals surface area contributed by atoms with Gasteiger partial charge in [0, 0.05) is 42.2 Å². The Labute approximate surface area is 148 Å². The van der Waals surface area contributed by atoms with E-state index in [1.165, 1.54) is 0 Å². The number of nitrogens with zero attached hydrogens (tertiary/aromatic N) is 1. The molecule has 1 aromatic carbocycles. The number of aliphatic hydroxyl groups is 1. The van der Waals surface area contributed by atoms with Crippen molar-refractivity contribution in [3.63, 3.8) is 0 Å². The molecule has 1 amide bonds. The molecule has 0 saturated carbocycles. The van der Waals surface area contributed by atoms with Crippen LogP contribution >= 0.6 is 0 Å². The maximum absolute atomic E-state index is 13.0. The molecular formula is C20H26N2O3. The Balaban J connectivity index is 1.53. The van der Waals surface area contributed by atoms with Gasteiger partial charge in [-0.3, -0.25) is 4.79 Å². The van der Waals surface area contributed by atoms with Gasteiger partial charge in [0.25, 0.3) is 0 Å². The molecule has 0 spiro atoms. The highest BCUT2D eigenvalue weighted by Gasteiger charge is 2.45. The number of benzene rings is 1. The smallest absolute Gasteiger partial charge is 0.227 e. The molecule has 0 bridgehead atoms. The van der Waals surface area contributed by atoms with Crippen molar-refractivity contribution in [2.45, 2.75) is 44.2 Å². The van der Waals surface area contributed by atoms with E-state index in [1.807, 2.05) is 36.2 Å². The van der Waals surface area contributed by atoms with Gasteiger partial charge in [0.15, 0.2) is 0 Å². The third-order valence-electron chi connectivity index (χ3n) is 5.95. The Morgan fingerprint density at radius 3 is 3.12 bits per heavy atom. The standard InChI is InChI=1S/C20H26N2O3/c1-20(24)8-10-25-13-16(20)18-7-4-9-22(18)19(23)11-14-12-21-17-6-3-2-5-15(14)17/h2-3,5-6,12,16,18,21,24H,4,7-11,13H2,1H3/t16-,18+,20-/m0/s1. The summed E-state index contributed by atoms with van der Waals surface area (Å²) in [6.45, 7) is 3.80. The van der Waals surface area contributed by atoms with Crippen molar-refractivity contribution in [2.75, 3.05) is 19.8 Å². The Morgan fingerprint density at radius 1 is 1.44 bits per heavy atom. The fourth-order valence-electron chi connectivity index (χ4n) is 4.44. The molecule has 2 aromatic rings. The lowest BCUT2D eigenvalue weighted by Crippen LogP contribution is -2.53. The predicted octanol–water partition coefficient (Wildman–Crippen LogP) is 2.49. The number of amides is 1. The zero-order valence-corrected chi connectivity index (χ0v) is 14.7. The molecule has 134 valence electrons. The second-order valence-electron chi connectivity index (χ2n) is 7.62. The van der Waals surface area contributed by atoms with Crippen LogP contribution < -0.4 is 0 Å². The molecule has 2 aliphatic heterocycles. The number of ether oxygens (including phenoxy) is 1. The third-order valence-corrected chi connectivity index (χ3v) is 5.95. The molecule has 0 aliphatic carbocycles. The number of likely N-dealkylation sites (tertiary alicyclic amines) is 1. The first kappa shape index (κ1) is 16.6. The van der Waals surface area contributed by atoms with Crippen LogP contribution in [-0.4, -0.2) is 52.3 Å². The molecule has 3 atom stereocenters. The summed E-state index contributed by atoms with van der Waals surface area (Å²) in [4.78, 5) is 18.2. The van der Waals surface area contributed by atoms with Gasteiger partial charge in [0.1, 0.15) is 0 Å². The van der Waals surface area contributed by atoms with Crippen molar-refractivity contribution in [3.05, 3.63) is 36.0 Å². The highest BCUT2D eigenvalue weighted by Crippen LogP contribution is 2.36. The number of carbonyl (C=O) groups excluding carboxylic acids is 1. The summed E-state index contributed by atoms with van der Waals surface area (Å²) in [5.41, 5.74) is 1.34. The lowest BCUT2D eigenvalue weighted by atomic mass is 9.79. The number of para-hydroxylation sites is 1. The van der Waals surface area contributed by atoms with Gasteiger partial charge in [-0.15, -0.1) is 0 Å². The lowest BCUT2D eigenvalue weighted by Gasteiger charge is -2.43. The van der Waals surface area contributed by atoms with Gasteiger partial charge in [-0.2, -0.15) is 0 Å². The van der Waals surface area contributed by atoms with Crippen LogP contribution in [0.15, 0.2) is 30.5 Å². The molecule has 2 aliphatic rings. The number of H-pyrrole nitrogens is 1. The SMILES string of the molecule is C[C@]1(O)CCOC[C@H]1[C@H]1CCCN1C(=O)Cc1c[nH]c2ccccc12. The first-order valence-corrected chi connectivity index (χ1v) is 9.21. The molecule has 3 heterocycles. The topological polar surface area (TPSA) is 65.6 Å². The summed E-state index contributed by atoms with van der Waals surface area (Å²) >= 11 is 0. The van der Waals surface area contributed by atoms with E-state index < -0.39 is 5.60 Å². The van der Waals surface area contributed by atoms with Crippen molar-refractivity contribution < 1.29 is 14.6 Å². The van der Waals surface area contributed by atoms with Crippen LogP contribution in [0.4, 0.5) is 0 Å². The van der Waals surface area contributed by atoms with E-state index in [9.17, 15) is 9.90 Å². The van der Waals surface area contributed by atoms with Gasteiger partial charge in [-0.1, -0.05) is 18.2 Å². The maximum atomic E-state index is 13.0. The van der Waals surface area contributed by atoms with Crippen LogP contribution in [0.25, 0.3) is 10.9 Å². The number of aromatic amines is 1. The quantitative estimate of drug-likeness (QED) is 0.901. The fourth-order valence-corrected chi connectivity index (χ4v) is 4.44. The summed E-state index contributed by atoms with van der Waals surface area (Å²) < 4.78 is 5.62. The largest absolute Gasteiger partial charge is 0.390 e. The van der Waals surface area contributed by atoms with Crippen LogP contribution in [-0.2, 0) is 16.0 Å². The van der Waals surface area contributed by atoms with E-state index >= 15 is 0 Å². The number of hydrogen-bond donors (Lipinski definition) is 2. The molecule has 1 aromatic heterocycles. The Kier molecular flexibility index (Phi) is 4.29. The average Bonchev–Trinajstić information content (AvgIpc) is 3.22. The molecule has 0 radical (unpaired) electrons. The van der Waals surface area contributed by atoms with E-state index in [-0.39, 0.29) is 17.9 Å². The Morgan fingerprint density at radius 2 is 2.28 bits per heavy atom. The zero-order chi connectivity index (χ0) is 17.4. The molecule has 5 nitrogen and oxygen atoms in total. The monoisotopic (exact) mass is 342 g/mol. The Hall–Kier alpha value is -1.85. The number of aromatic nitrogens is 1. The Bertz CT molecular complexity index is 767. The maximum Gasteiger partial charge on any atom is 0.227 e. The number of hydrogen-bond acceptors (Lipinski definition) is 3. The van der Waals surface area contributed by atoms with E-state index in [4.69, 9.17) is 4.74 Å². The predicted molar refractivity (Wildman–Crippen MR) is 96.3 cm³/mol. The van der Waals surface area contributed by atoms with Crippen LogP contribution in [0.5, 0.6) is 0 Å². The van der Waals surface area contributed by atoms with Gasteiger partial charge < -0.3 is 19.7 Å². The molecule has 2 saturated heterocycles. The molecule has 0 unspecified atom stereocenters. The third kappa shape index (κ3) is 3.07. The van der Waals surface area contributed by atoms with E-state index in [0.717, 1.165) is 35.9 Å². The highest BCUT2D eigenvalue weighted by molar-refractivity contribution is 5.89. The lowest BCUT2D eigenvalue weighted by molar-refractivity contribution is -0.144.